The van der Waals surface area contributed by atoms with E-state index in [2.05, 4.69) is 24.1 Å². The first kappa shape index (κ1) is 29.3. The number of alkyl halides is 2. The average molecular weight is 597 g/mol. The van der Waals surface area contributed by atoms with Crippen LogP contribution < -0.4 is 5.43 Å². The molecular formula is C38H42F2N2O2. The second kappa shape index (κ2) is 11.2. The normalized spacial score (nSPS) is 27.0. The van der Waals surface area contributed by atoms with Crippen LogP contribution in [0, 0.1) is 24.2 Å². The molecule has 6 heteroatoms. The van der Waals surface area contributed by atoms with Crippen molar-refractivity contribution < 1.29 is 13.6 Å². The van der Waals surface area contributed by atoms with E-state index in [-0.39, 0.29) is 22.3 Å². The molecule has 4 nitrogen and oxygen atoms in total. The maximum Gasteiger partial charge on any atom is 0.272 e. The largest absolute Gasteiger partial charge is 0.337 e. The Bertz CT molecular complexity index is 1710. The summed E-state index contributed by atoms with van der Waals surface area (Å²) < 4.78 is 28.1. The number of hydrogen-bond acceptors (Lipinski definition) is 3. The van der Waals surface area contributed by atoms with Gasteiger partial charge in [0.25, 0.3) is 5.92 Å². The molecule has 1 aromatic heterocycles. The SMILES string of the molecule is Cc1cc2ccccc2c(=O)cc1C1CCC=C([C@@H]2C[C@H]3CCC[C@@]3(C(=O)N3CCc4ncc(C(C)(F)F)cc4C3)C2)CC1. The third-order valence-electron chi connectivity index (χ3n) is 11.4. The highest BCUT2D eigenvalue weighted by atomic mass is 19.3. The van der Waals surface area contributed by atoms with Crippen LogP contribution in [0.25, 0.3) is 10.8 Å². The van der Waals surface area contributed by atoms with Gasteiger partial charge in [0.1, 0.15) is 0 Å². The van der Waals surface area contributed by atoms with Crippen LogP contribution >= 0.6 is 0 Å². The van der Waals surface area contributed by atoms with E-state index in [1.54, 1.807) is 6.07 Å². The number of benzene rings is 1. The minimum atomic E-state index is -2.95. The Morgan fingerprint density at radius 3 is 2.75 bits per heavy atom. The van der Waals surface area contributed by atoms with E-state index in [4.69, 9.17) is 0 Å². The third-order valence-corrected chi connectivity index (χ3v) is 11.4. The van der Waals surface area contributed by atoms with Crippen molar-refractivity contribution in [3.05, 3.63) is 98.5 Å². The smallest absolute Gasteiger partial charge is 0.272 e. The fourth-order valence-electron chi connectivity index (χ4n) is 9.10. The molecule has 0 saturated heterocycles. The predicted octanol–water partition coefficient (Wildman–Crippen LogP) is 8.38. The number of nitrogens with zero attached hydrogens (tertiary/aromatic N) is 2. The Balaban J connectivity index is 1.07. The maximum absolute atomic E-state index is 14.3. The number of fused-ring (bicyclic) bond motifs is 3. The van der Waals surface area contributed by atoms with Gasteiger partial charge in [0, 0.05) is 49.3 Å². The number of rotatable bonds is 4. The first-order valence-electron chi connectivity index (χ1n) is 16.5. The van der Waals surface area contributed by atoms with Gasteiger partial charge < -0.3 is 4.90 Å². The van der Waals surface area contributed by atoms with Crippen molar-refractivity contribution in [2.24, 2.45) is 17.3 Å². The molecule has 4 atom stereocenters. The molecule has 7 rings (SSSR count). The molecule has 230 valence electrons. The number of carbonyl (C=O) groups excluding carboxylic acids is 1. The summed E-state index contributed by atoms with van der Waals surface area (Å²) >= 11 is 0. The van der Waals surface area contributed by atoms with Crippen LogP contribution in [-0.4, -0.2) is 22.3 Å². The number of halogens is 2. The van der Waals surface area contributed by atoms with E-state index in [0.29, 0.717) is 37.3 Å². The van der Waals surface area contributed by atoms with Gasteiger partial charge in [0.15, 0.2) is 5.43 Å². The molecule has 3 aliphatic carbocycles. The van der Waals surface area contributed by atoms with E-state index < -0.39 is 5.92 Å². The zero-order chi connectivity index (χ0) is 30.6. The van der Waals surface area contributed by atoms with Crippen molar-refractivity contribution in [3.8, 4) is 0 Å². The molecule has 0 spiro atoms. The van der Waals surface area contributed by atoms with Gasteiger partial charge in [-0.3, -0.25) is 14.6 Å². The molecule has 0 radical (unpaired) electrons. The van der Waals surface area contributed by atoms with Crippen LogP contribution in [0.1, 0.15) is 98.6 Å². The van der Waals surface area contributed by atoms with Crippen molar-refractivity contribution >= 4 is 16.7 Å². The quantitative estimate of drug-likeness (QED) is 0.284. The van der Waals surface area contributed by atoms with Crippen molar-refractivity contribution in [2.45, 2.75) is 96.4 Å². The van der Waals surface area contributed by atoms with Crippen LogP contribution in [0.2, 0.25) is 0 Å². The molecule has 1 amide bonds. The number of amides is 1. The summed E-state index contributed by atoms with van der Waals surface area (Å²) in [5.41, 5.74) is 5.15. The lowest BCUT2D eigenvalue weighted by atomic mass is 9.77. The van der Waals surface area contributed by atoms with Gasteiger partial charge in [-0.15, -0.1) is 0 Å². The molecule has 2 fully saturated rings. The van der Waals surface area contributed by atoms with Crippen LogP contribution in [0.3, 0.4) is 0 Å². The van der Waals surface area contributed by atoms with Gasteiger partial charge in [0.2, 0.25) is 5.91 Å². The van der Waals surface area contributed by atoms with Crippen molar-refractivity contribution in [3.63, 3.8) is 0 Å². The van der Waals surface area contributed by atoms with Crippen molar-refractivity contribution in [1.29, 1.82) is 0 Å². The average Bonchev–Trinajstić information content (AvgIpc) is 3.43. The molecule has 2 saturated carbocycles. The highest BCUT2D eigenvalue weighted by molar-refractivity contribution is 5.84. The zero-order valence-electron chi connectivity index (χ0n) is 25.9. The second-order valence-electron chi connectivity index (χ2n) is 14.0. The van der Waals surface area contributed by atoms with E-state index in [0.717, 1.165) is 86.7 Å². The summed E-state index contributed by atoms with van der Waals surface area (Å²) in [6, 6.07) is 13.5. The molecule has 4 aliphatic rings. The van der Waals surface area contributed by atoms with Crippen molar-refractivity contribution in [2.75, 3.05) is 6.54 Å². The molecule has 2 aromatic carbocycles. The zero-order valence-corrected chi connectivity index (χ0v) is 25.9. The van der Waals surface area contributed by atoms with Gasteiger partial charge in [-0.05, 0) is 110 Å². The summed E-state index contributed by atoms with van der Waals surface area (Å²) in [6.07, 6.45) is 13.5. The number of pyridine rings is 1. The van der Waals surface area contributed by atoms with Gasteiger partial charge in [-0.2, -0.15) is 0 Å². The first-order chi connectivity index (χ1) is 21.1. The Hall–Kier alpha value is -3.41. The van der Waals surface area contributed by atoms with Crippen LogP contribution in [0.5, 0.6) is 0 Å². The number of hydrogen-bond donors (Lipinski definition) is 0. The van der Waals surface area contributed by atoms with E-state index in [9.17, 15) is 18.4 Å². The van der Waals surface area contributed by atoms with Crippen LogP contribution in [-0.2, 0) is 23.7 Å². The summed E-state index contributed by atoms with van der Waals surface area (Å²) in [5, 5.41) is 1.78. The first-order valence-corrected chi connectivity index (χ1v) is 16.5. The molecule has 1 unspecified atom stereocenters. The Morgan fingerprint density at radius 1 is 1.07 bits per heavy atom. The lowest BCUT2D eigenvalue weighted by molar-refractivity contribution is -0.144. The molecule has 44 heavy (non-hydrogen) atoms. The Morgan fingerprint density at radius 2 is 1.91 bits per heavy atom. The van der Waals surface area contributed by atoms with Gasteiger partial charge in [0.05, 0.1) is 5.41 Å². The van der Waals surface area contributed by atoms with Gasteiger partial charge in [-0.25, -0.2) is 8.78 Å². The second-order valence-corrected chi connectivity index (χ2v) is 14.0. The van der Waals surface area contributed by atoms with Crippen LogP contribution in [0.4, 0.5) is 8.78 Å². The Kier molecular flexibility index (Phi) is 7.45. The van der Waals surface area contributed by atoms with E-state index in [1.165, 1.54) is 22.9 Å². The molecule has 1 aliphatic heterocycles. The highest BCUT2D eigenvalue weighted by Gasteiger charge is 2.56. The molecule has 0 bridgehead atoms. The molecule has 0 N–H and O–H groups in total. The molecule has 3 aromatic rings. The summed E-state index contributed by atoms with van der Waals surface area (Å²) in [5.74, 6) is -1.57. The number of allylic oxidation sites excluding steroid dienone is 2. The van der Waals surface area contributed by atoms with E-state index >= 15 is 0 Å². The number of aryl methyl sites for hydroxylation is 1. The predicted molar refractivity (Wildman–Crippen MR) is 170 cm³/mol. The topological polar surface area (TPSA) is 50.3 Å². The highest BCUT2D eigenvalue weighted by Crippen LogP contribution is 2.59. The third kappa shape index (κ3) is 5.18. The van der Waals surface area contributed by atoms with Crippen molar-refractivity contribution in [1.82, 2.24) is 9.88 Å². The maximum atomic E-state index is 14.3. The standard InChI is InChI=1S/C38H42F2N2O2/c1-24-17-27-7-3-4-11-32(27)35(43)20-33(24)26-9-5-8-25(12-13-26)28-18-30-10-6-15-38(30,21-28)36(44)42-16-14-34-29(23-42)19-31(22-41-34)37(2,39)40/h3-4,7-8,11,17,19-20,22,26,28,30H,5-6,9-10,12-16,18,21,23H2,1-2H3/t26?,28-,30-,38-/m1/s1. The number of carbonyl (C=O) groups is 1. The number of aromatic nitrogens is 1. The minimum Gasteiger partial charge on any atom is -0.337 e. The van der Waals surface area contributed by atoms with Crippen LogP contribution in [0.15, 0.2) is 65.1 Å². The monoisotopic (exact) mass is 596 g/mol. The molecule has 2 heterocycles. The minimum absolute atomic E-state index is 0.0822. The van der Waals surface area contributed by atoms with Gasteiger partial charge >= 0.3 is 0 Å². The lowest BCUT2D eigenvalue weighted by Gasteiger charge is -2.37. The molecular weight excluding hydrogens is 554 g/mol. The fourth-order valence-corrected chi connectivity index (χ4v) is 9.10. The van der Waals surface area contributed by atoms with Gasteiger partial charge in [-0.1, -0.05) is 48.4 Å². The summed E-state index contributed by atoms with van der Waals surface area (Å²) in [7, 11) is 0. The van der Waals surface area contributed by atoms with E-state index in [1.807, 2.05) is 35.2 Å². The summed E-state index contributed by atoms with van der Waals surface area (Å²) in [6.45, 7) is 4.02. The fraction of sp³-hybridized carbons (Fsp3) is 0.500. The summed E-state index contributed by atoms with van der Waals surface area (Å²) in [4.78, 5) is 33.8. The Labute approximate surface area is 258 Å². The lowest BCUT2D eigenvalue weighted by Crippen LogP contribution is -2.46.